The van der Waals surface area contributed by atoms with Crippen LogP contribution in [0.25, 0.3) is 0 Å². The average molecular weight is 402 g/mol. The summed E-state index contributed by atoms with van der Waals surface area (Å²) < 4.78 is 27.0. The van der Waals surface area contributed by atoms with Gasteiger partial charge in [-0.2, -0.15) is 4.31 Å². The summed E-state index contributed by atoms with van der Waals surface area (Å²) in [6.07, 6.45) is 1.48. The van der Waals surface area contributed by atoms with Crippen LogP contribution < -0.4 is 11.1 Å². The molecule has 3 rings (SSSR count). The molecule has 1 aliphatic heterocycles. The maximum atomic E-state index is 12.8. The van der Waals surface area contributed by atoms with E-state index in [0.717, 1.165) is 12.0 Å². The van der Waals surface area contributed by atoms with E-state index in [0.29, 0.717) is 5.69 Å². The van der Waals surface area contributed by atoms with Crippen LogP contribution in [-0.4, -0.2) is 37.3 Å². The molecule has 1 saturated heterocycles. The molecule has 0 unspecified atom stereocenters. The van der Waals surface area contributed by atoms with E-state index >= 15 is 0 Å². The van der Waals surface area contributed by atoms with Gasteiger partial charge in [0, 0.05) is 18.8 Å². The lowest BCUT2D eigenvalue weighted by molar-refractivity contribution is -0.122. The smallest absolute Gasteiger partial charge is 0.244 e. The normalized spacial score (nSPS) is 17.2. The van der Waals surface area contributed by atoms with Crippen molar-refractivity contribution in [1.82, 2.24) is 4.31 Å². The number of piperidine rings is 1. The summed E-state index contributed by atoms with van der Waals surface area (Å²) in [6, 6.07) is 14.4. The molecule has 150 valence electrons. The Morgan fingerprint density at radius 1 is 1.07 bits per heavy atom. The zero-order chi connectivity index (χ0) is 20.4. The molecule has 0 aliphatic carbocycles. The molecule has 0 aromatic heterocycles. The number of anilines is 1. The molecule has 1 aliphatic rings. The molecule has 28 heavy (non-hydrogen) atoms. The third-order valence-corrected chi connectivity index (χ3v) is 7.26. The van der Waals surface area contributed by atoms with E-state index in [1.54, 1.807) is 24.3 Å². The fourth-order valence-electron chi connectivity index (χ4n) is 3.29. The predicted molar refractivity (Wildman–Crippen MR) is 111 cm³/mol. The Hall–Kier alpha value is -2.22. The first-order valence-corrected chi connectivity index (χ1v) is 10.9. The molecule has 1 fully saturated rings. The minimum absolute atomic E-state index is 0.217. The molecule has 6 nitrogen and oxygen atoms in total. The number of hydrogen-bond acceptors (Lipinski definition) is 4. The first-order chi connectivity index (χ1) is 13.2. The van der Waals surface area contributed by atoms with Crippen molar-refractivity contribution in [2.24, 2.45) is 5.73 Å². The quantitative estimate of drug-likeness (QED) is 0.806. The van der Waals surface area contributed by atoms with Crippen molar-refractivity contribution >= 4 is 21.6 Å². The van der Waals surface area contributed by atoms with Gasteiger partial charge in [-0.15, -0.1) is 0 Å². The van der Waals surface area contributed by atoms with Gasteiger partial charge < -0.3 is 11.1 Å². The number of nitrogens with one attached hydrogen (secondary N) is 1. The van der Waals surface area contributed by atoms with Crippen LogP contribution in [0.1, 0.15) is 30.9 Å². The predicted octanol–water partition coefficient (Wildman–Crippen LogP) is 2.68. The Balaban J connectivity index is 1.65. The number of nitrogens with zero attached hydrogens (tertiary/aromatic N) is 1. The molecule has 0 atom stereocenters. The monoisotopic (exact) mass is 401 g/mol. The minimum Gasteiger partial charge on any atom is -0.324 e. The van der Waals surface area contributed by atoms with Crippen LogP contribution in [0.4, 0.5) is 5.69 Å². The number of benzene rings is 2. The molecule has 0 spiro atoms. The van der Waals surface area contributed by atoms with Crippen molar-refractivity contribution in [3.63, 3.8) is 0 Å². The Bertz CT molecular complexity index is 930. The summed E-state index contributed by atoms with van der Waals surface area (Å²) in [4.78, 5) is 13.0. The van der Waals surface area contributed by atoms with Crippen molar-refractivity contribution < 1.29 is 13.2 Å². The van der Waals surface area contributed by atoms with Gasteiger partial charge in [0.15, 0.2) is 0 Å². The summed E-state index contributed by atoms with van der Waals surface area (Å²) in [5, 5.41) is 2.86. The van der Waals surface area contributed by atoms with Gasteiger partial charge in [-0.05, 0) is 56.0 Å². The van der Waals surface area contributed by atoms with E-state index in [1.807, 2.05) is 31.2 Å². The topological polar surface area (TPSA) is 92.5 Å². The van der Waals surface area contributed by atoms with E-state index in [9.17, 15) is 13.2 Å². The van der Waals surface area contributed by atoms with Crippen molar-refractivity contribution in [3.05, 3.63) is 59.7 Å². The standard InChI is InChI=1S/C21H27N3O3S/c1-3-17-6-8-18(9-7-17)23-20(25)21(22)12-14-24(15-13-21)28(26,27)19-10-4-16(2)5-11-19/h4-11H,3,12-15,22H2,1-2H3,(H,23,25). The molecule has 0 saturated carbocycles. The van der Waals surface area contributed by atoms with Gasteiger partial charge in [0.05, 0.1) is 10.4 Å². The van der Waals surface area contributed by atoms with E-state index < -0.39 is 15.6 Å². The molecule has 1 heterocycles. The highest BCUT2D eigenvalue weighted by molar-refractivity contribution is 7.89. The Morgan fingerprint density at radius 2 is 1.64 bits per heavy atom. The van der Waals surface area contributed by atoms with E-state index in [2.05, 4.69) is 12.2 Å². The lowest BCUT2D eigenvalue weighted by atomic mass is 9.88. The fraction of sp³-hybridized carbons (Fsp3) is 0.381. The molecular formula is C21H27N3O3S. The second-order valence-corrected chi connectivity index (χ2v) is 9.32. The maximum Gasteiger partial charge on any atom is 0.244 e. The number of sulfonamides is 1. The van der Waals surface area contributed by atoms with E-state index in [1.165, 1.54) is 9.87 Å². The zero-order valence-corrected chi connectivity index (χ0v) is 17.1. The lowest BCUT2D eigenvalue weighted by Crippen LogP contribution is -2.58. The summed E-state index contributed by atoms with van der Waals surface area (Å²) in [5.41, 5.74) is 8.14. The first kappa shape index (κ1) is 20.5. The molecule has 7 heteroatoms. The number of carbonyl (C=O) groups excluding carboxylic acids is 1. The molecule has 2 aromatic carbocycles. The fourth-order valence-corrected chi connectivity index (χ4v) is 4.73. The summed E-state index contributed by atoms with van der Waals surface area (Å²) >= 11 is 0. The molecule has 2 aromatic rings. The lowest BCUT2D eigenvalue weighted by Gasteiger charge is -2.37. The third kappa shape index (κ3) is 4.27. The van der Waals surface area contributed by atoms with Crippen molar-refractivity contribution in [2.45, 2.75) is 43.5 Å². The van der Waals surface area contributed by atoms with Crippen LogP contribution in [-0.2, 0) is 21.2 Å². The van der Waals surface area contributed by atoms with Crippen LogP contribution in [0.2, 0.25) is 0 Å². The molecule has 3 N–H and O–H groups in total. The third-order valence-electron chi connectivity index (χ3n) is 5.35. The van der Waals surface area contributed by atoms with Crippen LogP contribution in [0.15, 0.2) is 53.4 Å². The molecule has 1 amide bonds. The number of rotatable bonds is 5. The van der Waals surface area contributed by atoms with Crippen molar-refractivity contribution in [1.29, 1.82) is 0 Å². The Labute approximate surface area is 166 Å². The van der Waals surface area contributed by atoms with Crippen LogP contribution in [0.5, 0.6) is 0 Å². The van der Waals surface area contributed by atoms with Gasteiger partial charge in [-0.3, -0.25) is 4.79 Å². The minimum atomic E-state index is -3.58. The number of hydrogen-bond donors (Lipinski definition) is 2. The first-order valence-electron chi connectivity index (χ1n) is 9.51. The SMILES string of the molecule is CCc1ccc(NC(=O)C2(N)CCN(S(=O)(=O)c3ccc(C)cc3)CC2)cc1. The van der Waals surface area contributed by atoms with Gasteiger partial charge in [0.25, 0.3) is 0 Å². The second kappa shape index (κ2) is 8.03. The van der Waals surface area contributed by atoms with Crippen LogP contribution >= 0.6 is 0 Å². The zero-order valence-electron chi connectivity index (χ0n) is 16.3. The molecule has 0 radical (unpaired) electrons. The van der Waals surface area contributed by atoms with Gasteiger partial charge in [-0.25, -0.2) is 8.42 Å². The highest BCUT2D eigenvalue weighted by Gasteiger charge is 2.41. The van der Waals surface area contributed by atoms with E-state index in [-0.39, 0.29) is 36.7 Å². The summed E-state index contributed by atoms with van der Waals surface area (Å²) in [6.45, 7) is 4.42. The van der Waals surface area contributed by atoms with Crippen molar-refractivity contribution in [2.75, 3.05) is 18.4 Å². The van der Waals surface area contributed by atoms with Crippen LogP contribution in [0, 0.1) is 6.92 Å². The van der Waals surface area contributed by atoms with Gasteiger partial charge in [0.2, 0.25) is 15.9 Å². The second-order valence-electron chi connectivity index (χ2n) is 7.38. The summed E-state index contributed by atoms with van der Waals surface area (Å²) in [7, 11) is -3.58. The van der Waals surface area contributed by atoms with Gasteiger partial charge in [0.1, 0.15) is 0 Å². The number of nitrogens with two attached hydrogens (primary N) is 1. The Morgan fingerprint density at radius 3 is 2.18 bits per heavy atom. The molecular weight excluding hydrogens is 374 g/mol. The van der Waals surface area contributed by atoms with E-state index in [4.69, 9.17) is 5.73 Å². The summed E-state index contributed by atoms with van der Waals surface area (Å²) in [5.74, 6) is -0.274. The largest absolute Gasteiger partial charge is 0.324 e. The Kier molecular flexibility index (Phi) is 5.88. The highest BCUT2D eigenvalue weighted by Crippen LogP contribution is 2.26. The van der Waals surface area contributed by atoms with Crippen LogP contribution in [0.3, 0.4) is 0 Å². The van der Waals surface area contributed by atoms with Crippen molar-refractivity contribution in [3.8, 4) is 0 Å². The average Bonchev–Trinajstić information content (AvgIpc) is 2.69. The molecule has 0 bridgehead atoms. The van der Waals surface area contributed by atoms with Gasteiger partial charge >= 0.3 is 0 Å². The van der Waals surface area contributed by atoms with Gasteiger partial charge in [-0.1, -0.05) is 36.8 Å². The number of carbonyl (C=O) groups is 1. The maximum absolute atomic E-state index is 12.8. The number of aryl methyl sites for hydroxylation is 2. The number of amides is 1. The highest BCUT2D eigenvalue weighted by atomic mass is 32.2.